The van der Waals surface area contributed by atoms with E-state index in [2.05, 4.69) is 18.1 Å². The molecule has 17 heavy (non-hydrogen) atoms. The molecule has 0 amide bonds. The Morgan fingerprint density at radius 3 is 3.00 bits per heavy atom. The van der Waals surface area contributed by atoms with E-state index in [1.165, 1.54) is 0 Å². The molecule has 2 N–H and O–H groups in total. The van der Waals surface area contributed by atoms with Gasteiger partial charge in [0.15, 0.2) is 5.82 Å². The van der Waals surface area contributed by atoms with Crippen molar-refractivity contribution in [2.24, 2.45) is 0 Å². The van der Waals surface area contributed by atoms with Gasteiger partial charge in [-0.25, -0.2) is 0 Å². The van der Waals surface area contributed by atoms with Gasteiger partial charge < -0.3 is 10.5 Å². The van der Waals surface area contributed by atoms with E-state index in [0.29, 0.717) is 11.9 Å². The predicted molar refractivity (Wildman–Crippen MR) is 67.7 cm³/mol. The average Bonchev–Trinajstić information content (AvgIpc) is 2.86. The molecule has 3 rings (SSSR count). The lowest BCUT2D eigenvalue weighted by Gasteiger charge is -2.11. The van der Waals surface area contributed by atoms with Crippen LogP contribution in [0.25, 0.3) is 10.9 Å². The number of anilines is 1. The molecule has 1 aromatic heterocycles. The van der Waals surface area contributed by atoms with Gasteiger partial charge in [0.1, 0.15) is 0 Å². The summed E-state index contributed by atoms with van der Waals surface area (Å²) in [5, 5.41) is 5.42. The second-order valence-electron chi connectivity index (χ2n) is 4.73. The Morgan fingerprint density at radius 1 is 1.41 bits per heavy atom. The minimum absolute atomic E-state index is 0.271. The SMILES string of the molecule is CC1CCC(Cn2nc(N)c3ccccc32)O1. The number of hydrogen-bond donors (Lipinski definition) is 1. The molecule has 2 atom stereocenters. The van der Waals surface area contributed by atoms with Crippen LogP contribution in [-0.4, -0.2) is 22.0 Å². The molecule has 2 unspecified atom stereocenters. The summed E-state index contributed by atoms with van der Waals surface area (Å²) >= 11 is 0. The summed E-state index contributed by atoms with van der Waals surface area (Å²) in [6.45, 7) is 2.91. The van der Waals surface area contributed by atoms with Crippen LogP contribution in [0.2, 0.25) is 0 Å². The average molecular weight is 231 g/mol. The van der Waals surface area contributed by atoms with Gasteiger partial charge in [-0.2, -0.15) is 5.10 Å². The number of para-hydroxylation sites is 1. The van der Waals surface area contributed by atoms with Crippen molar-refractivity contribution in [2.75, 3.05) is 5.73 Å². The second kappa shape index (κ2) is 4.04. The molecule has 4 nitrogen and oxygen atoms in total. The van der Waals surface area contributed by atoms with Crippen molar-refractivity contribution in [1.29, 1.82) is 0 Å². The van der Waals surface area contributed by atoms with Gasteiger partial charge in [-0.05, 0) is 31.9 Å². The second-order valence-corrected chi connectivity index (χ2v) is 4.73. The number of rotatable bonds is 2. The molecule has 4 heteroatoms. The lowest BCUT2D eigenvalue weighted by atomic mass is 10.2. The molecule has 0 spiro atoms. The van der Waals surface area contributed by atoms with Crippen molar-refractivity contribution < 1.29 is 4.74 Å². The van der Waals surface area contributed by atoms with Crippen LogP contribution in [0.1, 0.15) is 19.8 Å². The van der Waals surface area contributed by atoms with Crippen LogP contribution < -0.4 is 5.73 Å². The Morgan fingerprint density at radius 2 is 2.24 bits per heavy atom. The zero-order valence-electron chi connectivity index (χ0n) is 9.97. The molecule has 0 radical (unpaired) electrons. The lowest BCUT2D eigenvalue weighted by Crippen LogP contribution is -2.17. The number of nitrogen functional groups attached to an aromatic ring is 1. The van der Waals surface area contributed by atoms with Gasteiger partial charge in [0.05, 0.1) is 24.3 Å². The van der Waals surface area contributed by atoms with Crippen molar-refractivity contribution in [3.63, 3.8) is 0 Å². The summed E-state index contributed by atoms with van der Waals surface area (Å²) in [5.74, 6) is 0.603. The van der Waals surface area contributed by atoms with Crippen LogP contribution in [0.15, 0.2) is 24.3 Å². The number of ether oxygens (including phenoxy) is 1. The maximum Gasteiger partial charge on any atom is 0.153 e. The molecule has 1 fully saturated rings. The molecule has 2 heterocycles. The highest BCUT2D eigenvalue weighted by Crippen LogP contribution is 2.24. The number of benzene rings is 1. The molecule has 1 saturated heterocycles. The molecule has 90 valence electrons. The van der Waals surface area contributed by atoms with Crippen LogP contribution in [0, 0.1) is 0 Å². The minimum atomic E-state index is 0.271. The molecule has 1 aliphatic heterocycles. The molecule has 1 aliphatic rings. The monoisotopic (exact) mass is 231 g/mol. The van der Waals surface area contributed by atoms with Crippen LogP contribution >= 0.6 is 0 Å². The van der Waals surface area contributed by atoms with Crippen LogP contribution in [0.3, 0.4) is 0 Å². The highest BCUT2D eigenvalue weighted by Gasteiger charge is 2.23. The van der Waals surface area contributed by atoms with Gasteiger partial charge in [-0.3, -0.25) is 4.68 Å². The van der Waals surface area contributed by atoms with Crippen LogP contribution in [-0.2, 0) is 11.3 Å². The van der Waals surface area contributed by atoms with Crippen LogP contribution in [0.4, 0.5) is 5.82 Å². The summed E-state index contributed by atoms with van der Waals surface area (Å²) in [7, 11) is 0. The van der Waals surface area contributed by atoms with E-state index in [1.54, 1.807) is 0 Å². The van der Waals surface area contributed by atoms with Crippen LogP contribution in [0.5, 0.6) is 0 Å². The number of aromatic nitrogens is 2. The first kappa shape index (κ1) is 10.6. The summed E-state index contributed by atoms with van der Waals surface area (Å²) in [4.78, 5) is 0. The molecule has 0 saturated carbocycles. The van der Waals surface area contributed by atoms with Crippen molar-refractivity contribution in [1.82, 2.24) is 9.78 Å². The first-order chi connectivity index (χ1) is 8.24. The minimum Gasteiger partial charge on any atom is -0.382 e. The molecular weight excluding hydrogens is 214 g/mol. The zero-order valence-corrected chi connectivity index (χ0v) is 9.97. The topological polar surface area (TPSA) is 53.1 Å². The fourth-order valence-electron chi connectivity index (χ4n) is 2.50. The predicted octanol–water partition coefficient (Wildman–Crippen LogP) is 2.19. The van der Waals surface area contributed by atoms with E-state index < -0.39 is 0 Å². The van der Waals surface area contributed by atoms with Gasteiger partial charge >= 0.3 is 0 Å². The highest BCUT2D eigenvalue weighted by molar-refractivity contribution is 5.88. The van der Waals surface area contributed by atoms with E-state index in [0.717, 1.165) is 30.3 Å². The van der Waals surface area contributed by atoms with Crippen molar-refractivity contribution in [3.8, 4) is 0 Å². The Labute approximate surface area is 100 Å². The molecule has 0 aliphatic carbocycles. The fraction of sp³-hybridized carbons (Fsp3) is 0.462. The van der Waals surface area contributed by atoms with E-state index in [1.807, 2.05) is 22.9 Å². The number of nitrogens with two attached hydrogens (primary N) is 1. The summed E-state index contributed by atoms with van der Waals surface area (Å²) < 4.78 is 7.79. The number of hydrogen-bond acceptors (Lipinski definition) is 3. The van der Waals surface area contributed by atoms with E-state index in [4.69, 9.17) is 10.5 Å². The normalized spacial score (nSPS) is 24.5. The van der Waals surface area contributed by atoms with Gasteiger partial charge in [-0.1, -0.05) is 12.1 Å². The third-order valence-electron chi connectivity index (χ3n) is 3.38. The molecule has 0 bridgehead atoms. The first-order valence-electron chi connectivity index (χ1n) is 6.10. The summed E-state index contributed by atoms with van der Waals surface area (Å²) in [6.07, 6.45) is 2.89. The third-order valence-corrected chi connectivity index (χ3v) is 3.38. The smallest absolute Gasteiger partial charge is 0.153 e. The van der Waals surface area contributed by atoms with Crippen molar-refractivity contribution in [3.05, 3.63) is 24.3 Å². The van der Waals surface area contributed by atoms with E-state index in [9.17, 15) is 0 Å². The van der Waals surface area contributed by atoms with Gasteiger partial charge in [0.2, 0.25) is 0 Å². The third kappa shape index (κ3) is 1.89. The van der Waals surface area contributed by atoms with Crippen molar-refractivity contribution in [2.45, 2.75) is 38.5 Å². The first-order valence-corrected chi connectivity index (χ1v) is 6.10. The maximum atomic E-state index is 5.91. The number of nitrogens with zero attached hydrogens (tertiary/aromatic N) is 2. The summed E-state index contributed by atoms with van der Waals surface area (Å²) in [6, 6.07) is 8.06. The Kier molecular flexibility index (Phi) is 2.52. The quantitative estimate of drug-likeness (QED) is 0.862. The van der Waals surface area contributed by atoms with Crippen molar-refractivity contribution >= 4 is 16.7 Å². The van der Waals surface area contributed by atoms with Gasteiger partial charge in [-0.15, -0.1) is 0 Å². The standard InChI is InChI=1S/C13H17N3O/c1-9-6-7-10(17-9)8-16-12-5-3-2-4-11(12)13(14)15-16/h2-5,9-10H,6-8H2,1H3,(H2,14,15). The maximum absolute atomic E-state index is 5.91. The van der Waals surface area contributed by atoms with E-state index >= 15 is 0 Å². The number of fused-ring (bicyclic) bond motifs is 1. The fourth-order valence-corrected chi connectivity index (χ4v) is 2.50. The zero-order chi connectivity index (χ0) is 11.8. The van der Waals surface area contributed by atoms with Gasteiger partial charge in [0.25, 0.3) is 0 Å². The summed E-state index contributed by atoms with van der Waals surface area (Å²) in [5.41, 5.74) is 7.00. The highest BCUT2D eigenvalue weighted by atomic mass is 16.5. The molecule has 2 aromatic rings. The van der Waals surface area contributed by atoms with E-state index in [-0.39, 0.29) is 6.10 Å². The van der Waals surface area contributed by atoms with Gasteiger partial charge in [0, 0.05) is 5.39 Å². The molecular formula is C13H17N3O. The largest absolute Gasteiger partial charge is 0.382 e. The Hall–Kier alpha value is -1.55. The Bertz CT molecular complexity index is 534. The molecule has 1 aromatic carbocycles. The Balaban J connectivity index is 1.90. The lowest BCUT2D eigenvalue weighted by molar-refractivity contribution is 0.0445.